The number of amides is 1. The number of ether oxygens (including phenoxy) is 3. The van der Waals surface area contributed by atoms with Crippen molar-refractivity contribution in [2.24, 2.45) is 5.10 Å². The Balaban J connectivity index is 1.66. The molecule has 0 unspecified atom stereocenters. The van der Waals surface area contributed by atoms with Crippen molar-refractivity contribution in [1.29, 1.82) is 0 Å². The number of methoxy groups -OCH3 is 2. The first-order chi connectivity index (χ1) is 14.6. The Morgan fingerprint density at radius 2 is 1.77 bits per heavy atom. The molecule has 30 heavy (non-hydrogen) atoms. The molecule has 0 aromatic heterocycles. The van der Waals surface area contributed by atoms with Crippen molar-refractivity contribution in [2.75, 3.05) is 14.2 Å². The number of para-hydroxylation sites is 1. The normalized spacial score (nSPS) is 10.6. The van der Waals surface area contributed by atoms with Crippen molar-refractivity contribution in [3.63, 3.8) is 0 Å². The lowest BCUT2D eigenvalue weighted by Gasteiger charge is -2.10. The number of nitrogens with zero attached hydrogens (tertiary/aromatic N) is 1. The van der Waals surface area contributed by atoms with Gasteiger partial charge in [0.2, 0.25) is 0 Å². The number of rotatable bonds is 8. The predicted octanol–water partition coefficient (Wildman–Crippen LogP) is 4.70. The highest BCUT2D eigenvalue weighted by Gasteiger charge is 2.12. The maximum atomic E-state index is 12.4. The number of hydrazone groups is 1. The minimum absolute atomic E-state index is 0.350. The Kier molecular flexibility index (Phi) is 7.29. The summed E-state index contributed by atoms with van der Waals surface area (Å²) in [7, 11) is 3.04. The molecule has 0 aliphatic carbocycles. The second-order valence-corrected chi connectivity index (χ2v) is 6.65. The van der Waals surface area contributed by atoms with E-state index in [1.54, 1.807) is 25.3 Å². The van der Waals surface area contributed by atoms with E-state index < -0.39 is 5.91 Å². The summed E-state index contributed by atoms with van der Waals surface area (Å²) >= 11 is 5.91. The van der Waals surface area contributed by atoms with Gasteiger partial charge in [0.15, 0.2) is 0 Å². The van der Waals surface area contributed by atoms with Crippen molar-refractivity contribution in [3.8, 4) is 17.2 Å². The maximum Gasteiger partial charge on any atom is 0.275 e. The molecule has 0 aliphatic heterocycles. The van der Waals surface area contributed by atoms with Gasteiger partial charge in [-0.1, -0.05) is 35.9 Å². The van der Waals surface area contributed by atoms with Crippen LogP contribution in [0, 0.1) is 0 Å². The van der Waals surface area contributed by atoms with Crippen LogP contribution in [-0.2, 0) is 6.61 Å². The highest BCUT2D eigenvalue weighted by molar-refractivity contribution is 6.30. The molecule has 1 amide bonds. The number of hydrogen-bond acceptors (Lipinski definition) is 5. The van der Waals surface area contributed by atoms with Crippen molar-refractivity contribution in [3.05, 3.63) is 88.4 Å². The van der Waals surface area contributed by atoms with E-state index >= 15 is 0 Å². The van der Waals surface area contributed by atoms with Gasteiger partial charge in [-0.05, 0) is 42.0 Å². The summed E-state index contributed by atoms with van der Waals surface area (Å²) in [6.07, 6.45) is 1.53. The molecule has 0 fully saturated rings. The Bertz CT molecular complexity index is 1040. The summed E-state index contributed by atoms with van der Waals surface area (Å²) in [6.45, 7) is 0.386. The zero-order valence-electron chi connectivity index (χ0n) is 16.6. The molecule has 0 atom stereocenters. The molecule has 0 aliphatic rings. The SMILES string of the molecule is COc1ccc(C(=O)N/N=C\c2ccccc2OCc2ccc(Cl)cc2)c(OC)c1. The Morgan fingerprint density at radius 3 is 2.50 bits per heavy atom. The summed E-state index contributed by atoms with van der Waals surface area (Å²) in [6, 6.07) is 19.8. The van der Waals surface area contributed by atoms with Crippen LogP contribution in [0.1, 0.15) is 21.5 Å². The van der Waals surface area contributed by atoms with Gasteiger partial charge in [0.05, 0.1) is 26.0 Å². The number of hydrogen-bond donors (Lipinski definition) is 1. The molecule has 0 radical (unpaired) electrons. The van der Waals surface area contributed by atoms with Crippen LogP contribution in [0.25, 0.3) is 0 Å². The Hall–Kier alpha value is -3.51. The van der Waals surface area contributed by atoms with Crippen LogP contribution in [0.3, 0.4) is 0 Å². The van der Waals surface area contributed by atoms with E-state index in [1.165, 1.54) is 13.3 Å². The molecule has 1 N–H and O–H groups in total. The lowest BCUT2D eigenvalue weighted by Crippen LogP contribution is -2.18. The van der Waals surface area contributed by atoms with Crippen molar-refractivity contribution in [2.45, 2.75) is 6.61 Å². The van der Waals surface area contributed by atoms with Gasteiger partial charge in [0, 0.05) is 16.7 Å². The molecule has 0 heterocycles. The summed E-state index contributed by atoms with van der Waals surface area (Å²) in [5, 5.41) is 4.73. The van der Waals surface area contributed by atoms with E-state index in [-0.39, 0.29) is 0 Å². The van der Waals surface area contributed by atoms with Crippen LogP contribution in [0.2, 0.25) is 5.02 Å². The van der Waals surface area contributed by atoms with Crippen LogP contribution in [0.4, 0.5) is 0 Å². The number of benzene rings is 3. The fourth-order valence-corrected chi connectivity index (χ4v) is 2.79. The molecule has 0 saturated heterocycles. The van der Waals surface area contributed by atoms with E-state index in [0.29, 0.717) is 34.4 Å². The van der Waals surface area contributed by atoms with Crippen LogP contribution in [-0.4, -0.2) is 26.3 Å². The smallest absolute Gasteiger partial charge is 0.275 e. The minimum atomic E-state index is -0.398. The fraction of sp³-hybridized carbons (Fsp3) is 0.130. The van der Waals surface area contributed by atoms with Gasteiger partial charge in [-0.25, -0.2) is 5.43 Å². The average Bonchev–Trinajstić information content (AvgIpc) is 2.78. The van der Waals surface area contributed by atoms with Gasteiger partial charge in [-0.3, -0.25) is 4.79 Å². The van der Waals surface area contributed by atoms with Crippen molar-refractivity contribution in [1.82, 2.24) is 5.43 Å². The Morgan fingerprint density at radius 1 is 1.00 bits per heavy atom. The summed E-state index contributed by atoms with van der Waals surface area (Å²) < 4.78 is 16.3. The predicted molar refractivity (Wildman–Crippen MR) is 117 cm³/mol. The number of halogens is 1. The molecule has 0 spiro atoms. The highest BCUT2D eigenvalue weighted by atomic mass is 35.5. The summed E-state index contributed by atoms with van der Waals surface area (Å²) in [4.78, 5) is 12.4. The standard InChI is InChI=1S/C23H21ClN2O4/c1-28-19-11-12-20(22(13-19)29-2)23(27)26-25-14-17-5-3-4-6-21(17)30-15-16-7-9-18(24)10-8-16/h3-14H,15H2,1-2H3,(H,26,27)/b25-14-. The van der Waals surface area contributed by atoms with Gasteiger partial charge in [0.25, 0.3) is 5.91 Å². The fourth-order valence-electron chi connectivity index (χ4n) is 2.67. The third kappa shape index (κ3) is 5.52. The van der Waals surface area contributed by atoms with E-state index in [4.69, 9.17) is 25.8 Å². The van der Waals surface area contributed by atoms with Gasteiger partial charge < -0.3 is 14.2 Å². The third-order valence-corrected chi connectivity index (χ3v) is 4.50. The summed E-state index contributed by atoms with van der Waals surface area (Å²) in [5.74, 6) is 1.24. The molecule has 0 saturated carbocycles. The molecule has 6 nitrogen and oxygen atoms in total. The van der Waals surface area contributed by atoms with E-state index in [9.17, 15) is 4.79 Å². The van der Waals surface area contributed by atoms with Gasteiger partial charge >= 0.3 is 0 Å². The van der Waals surface area contributed by atoms with E-state index in [0.717, 1.165) is 11.1 Å². The summed E-state index contributed by atoms with van der Waals surface area (Å²) in [5.41, 5.74) is 4.58. The topological polar surface area (TPSA) is 69.2 Å². The first kappa shape index (κ1) is 21.2. The maximum absolute atomic E-state index is 12.4. The van der Waals surface area contributed by atoms with Crippen molar-refractivity contribution >= 4 is 23.7 Å². The van der Waals surface area contributed by atoms with Gasteiger partial charge in [-0.2, -0.15) is 5.10 Å². The highest BCUT2D eigenvalue weighted by Crippen LogP contribution is 2.24. The molecule has 3 aromatic rings. The zero-order chi connectivity index (χ0) is 21.3. The molecule has 7 heteroatoms. The second-order valence-electron chi connectivity index (χ2n) is 6.22. The lowest BCUT2D eigenvalue weighted by molar-refractivity contribution is 0.0952. The zero-order valence-corrected chi connectivity index (χ0v) is 17.3. The van der Waals surface area contributed by atoms with E-state index in [1.807, 2.05) is 48.5 Å². The largest absolute Gasteiger partial charge is 0.497 e. The number of nitrogens with one attached hydrogen (secondary N) is 1. The first-order valence-electron chi connectivity index (χ1n) is 9.12. The van der Waals surface area contributed by atoms with Gasteiger partial charge in [0.1, 0.15) is 23.9 Å². The lowest BCUT2D eigenvalue weighted by atomic mass is 10.2. The molecule has 3 aromatic carbocycles. The molecule has 3 rings (SSSR count). The van der Waals surface area contributed by atoms with Crippen LogP contribution >= 0.6 is 11.6 Å². The average molecular weight is 425 g/mol. The molecule has 0 bridgehead atoms. The number of carbonyl (C=O) groups excluding carboxylic acids is 1. The molecular weight excluding hydrogens is 404 g/mol. The molecule has 154 valence electrons. The number of carbonyl (C=O) groups is 1. The molecular formula is C23H21ClN2O4. The quantitative estimate of drug-likeness (QED) is 0.420. The second kappa shape index (κ2) is 10.3. The van der Waals surface area contributed by atoms with Gasteiger partial charge in [-0.15, -0.1) is 0 Å². The van der Waals surface area contributed by atoms with E-state index in [2.05, 4.69) is 10.5 Å². The first-order valence-corrected chi connectivity index (χ1v) is 9.50. The van der Waals surface area contributed by atoms with Crippen molar-refractivity contribution < 1.29 is 19.0 Å². The monoisotopic (exact) mass is 424 g/mol. The third-order valence-electron chi connectivity index (χ3n) is 4.25. The van der Waals surface area contributed by atoms with Crippen LogP contribution in [0.15, 0.2) is 71.8 Å². The van der Waals surface area contributed by atoms with Crippen LogP contribution in [0.5, 0.6) is 17.2 Å². The van der Waals surface area contributed by atoms with Crippen LogP contribution < -0.4 is 19.6 Å². The Labute approximate surface area is 180 Å². The minimum Gasteiger partial charge on any atom is -0.497 e.